The Hall–Kier alpha value is -1.96. The summed E-state index contributed by atoms with van der Waals surface area (Å²) in [7, 11) is 0. The lowest BCUT2D eigenvalue weighted by molar-refractivity contribution is 0.0821. The van der Waals surface area contributed by atoms with E-state index in [1.54, 1.807) is 6.92 Å². The molecule has 1 aromatic rings. The molecule has 1 aromatic carbocycles. The van der Waals surface area contributed by atoms with Gasteiger partial charge in [0.05, 0.1) is 12.3 Å². The number of amides is 2. The Kier molecular flexibility index (Phi) is 6.80. The molecule has 0 saturated heterocycles. The zero-order valence-corrected chi connectivity index (χ0v) is 11.5. The molecule has 0 radical (unpaired) electrons. The number of halogens is 3. The molecule has 0 aromatic heterocycles. The number of ether oxygens (including phenoxy) is 1. The van der Waals surface area contributed by atoms with Gasteiger partial charge < -0.3 is 20.1 Å². The van der Waals surface area contributed by atoms with Crippen LogP contribution in [0.15, 0.2) is 18.2 Å². The summed E-state index contributed by atoms with van der Waals surface area (Å²) in [5, 5.41) is 11.3. The van der Waals surface area contributed by atoms with Gasteiger partial charge in [0.1, 0.15) is 18.2 Å². The van der Waals surface area contributed by atoms with Crippen molar-refractivity contribution in [1.82, 2.24) is 4.90 Å². The van der Waals surface area contributed by atoms with Gasteiger partial charge in [-0.15, -0.1) is 0 Å². The number of hydrogen-bond acceptors (Lipinski definition) is 3. The summed E-state index contributed by atoms with van der Waals surface area (Å²) in [4.78, 5) is 13.2. The fourth-order valence-corrected chi connectivity index (χ4v) is 1.59. The number of alkyl halides is 2. The number of rotatable bonds is 7. The highest BCUT2D eigenvalue weighted by Crippen LogP contribution is 2.26. The first-order valence-corrected chi connectivity index (χ1v) is 6.35. The van der Waals surface area contributed by atoms with E-state index in [9.17, 15) is 18.0 Å². The van der Waals surface area contributed by atoms with Crippen LogP contribution < -0.4 is 10.1 Å². The predicted molar refractivity (Wildman–Crippen MR) is 71.3 cm³/mol. The predicted octanol–water partition coefficient (Wildman–Crippen LogP) is 2.32. The Bertz CT molecular complexity index is 472. The average molecular weight is 306 g/mol. The van der Waals surface area contributed by atoms with Gasteiger partial charge in [-0.1, -0.05) is 0 Å². The number of carbonyl (C=O) groups is 1. The van der Waals surface area contributed by atoms with Gasteiger partial charge in [-0.25, -0.2) is 18.0 Å². The topological polar surface area (TPSA) is 61.8 Å². The summed E-state index contributed by atoms with van der Waals surface area (Å²) >= 11 is 0. The molecule has 0 atom stereocenters. The SMILES string of the molecule is CCN(CCO)C(=O)Nc1ccc(F)cc1OCC(F)F. The minimum Gasteiger partial charge on any atom is -0.485 e. The van der Waals surface area contributed by atoms with Crippen LogP contribution in [0.25, 0.3) is 0 Å². The van der Waals surface area contributed by atoms with Gasteiger partial charge in [0.15, 0.2) is 0 Å². The van der Waals surface area contributed by atoms with Crippen molar-refractivity contribution in [2.24, 2.45) is 0 Å². The second kappa shape index (κ2) is 8.35. The smallest absolute Gasteiger partial charge is 0.322 e. The summed E-state index contributed by atoms with van der Waals surface area (Å²) in [6, 6.07) is 2.67. The number of nitrogens with one attached hydrogen (secondary N) is 1. The maximum Gasteiger partial charge on any atom is 0.322 e. The number of likely N-dealkylation sites (N-methyl/N-ethyl adjacent to an activating group) is 1. The largest absolute Gasteiger partial charge is 0.485 e. The number of benzene rings is 1. The van der Waals surface area contributed by atoms with E-state index in [0.29, 0.717) is 6.54 Å². The van der Waals surface area contributed by atoms with E-state index >= 15 is 0 Å². The lowest BCUT2D eigenvalue weighted by Gasteiger charge is -2.21. The number of hydrogen-bond donors (Lipinski definition) is 2. The van der Waals surface area contributed by atoms with Gasteiger partial charge in [-0.05, 0) is 19.1 Å². The van der Waals surface area contributed by atoms with Crippen LogP contribution in [0.2, 0.25) is 0 Å². The molecule has 0 aliphatic heterocycles. The molecule has 118 valence electrons. The third kappa shape index (κ3) is 5.50. The molecular weight excluding hydrogens is 289 g/mol. The molecule has 0 spiro atoms. The molecular formula is C13H17F3N2O3. The number of aliphatic hydroxyl groups is 1. The Morgan fingerprint density at radius 3 is 2.76 bits per heavy atom. The summed E-state index contributed by atoms with van der Waals surface area (Å²) in [5.74, 6) is -0.844. The third-order valence-corrected chi connectivity index (χ3v) is 2.59. The highest BCUT2D eigenvalue weighted by molar-refractivity contribution is 5.91. The van der Waals surface area contributed by atoms with Crippen LogP contribution in [-0.2, 0) is 0 Å². The summed E-state index contributed by atoms with van der Waals surface area (Å²) in [5.41, 5.74) is 0.0819. The van der Waals surface area contributed by atoms with Crippen molar-refractivity contribution in [3.05, 3.63) is 24.0 Å². The molecule has 0 heterocycles. The van der Waals surface area contributed by atoms with E-state index in [1.807, 2.05) is 0 Å². The van der Waals surface area contributed by atoms with E-state index in [0.717, 1.165) is 12.1 Å². The Morgan fingerprint density at radius 1 is 1.48 bits per heavy atom. The molecule has 0 bridgehead atoms. The average Bonchev–Trinajstić information content (AvgIpc) is 2.44. The molecule has 8 heteroatoms. The van der Waals surface area contributed by atoms with Crippen molar-refractivity contribution in [1.29, 1.82) is 0 Å². The molecule has 0 saturated carbocycles. The van der Waals surface area contributed by atoms with Crippen LogP contribution >= 0.6 is 0 Å². The van der Waals surface area contributed by atoms with Crippen molar-refractivity contribution >= 4 is 11.7 Å². The number of anilines is 1. The van der Waals surface area contributed by atoms with E-state index in [1.165, 1.54) is 11.0 Å². The highest BCUT2D eigenvalue weighted by Gasteiger charge is 2.15. The van der Waals surface area contributed by atoms with Gasteiger partial charge in [0, 0.05) is 19.2 Å². The van der Waals surface area contributed by atoms with Crippen LogP contribution in [0, 0.1) is 5.82 Å². The molecule has 21 heavy (non-hydrogen) atoms. The summed E-state index contributed by atoms with van der Waals surface area (Å²) < 4.78 is 42.2. The van der Waals surface area contributed by atoms with Gasteiger partial charge in [-0.2, -0.15) is 0 Å². The fourth-order valence-electron chi connectivity index (χ4n) is 1.59. The zero-order chi connectivity index (χ0) is 15.8. The van der Waals surface area contributed by atoms with Crippen LogP contribution in [-0.4, -0.2) is 48.8 Å². The van der Waals surface area contributed by atoms with Crippen molar-refractivity contribution in [3.8, 4) is 5.75 Å². The highest BCUT2D eigenvalue weighted by atomic mass is 19.3. The normalized spacial score (nSPS) is 10.6. The van der Waals surface area contributed by atoms with E-state index in [-0.39, 0.29) is 24.6 Å². The van der Waals surface area contributed by atoms with Gasteiger partial charge >= 0.3 is 6.03 Å². The first kappa shape index (κ1) is 17.1. The van der Waals surface area contributed by atoms with E-state index < -0.39 is 24.9 Å². The van der Waals surface area contributed by atoms with E-state index in [4.69, 9.17) is 9.84 Å². The van der Waals surface area contributed by atoms with Crippen LogP contribution in [0.4, 0.5) is 23.7 Å². The molecule has 0 aliphatic carbocycles. The Labute approximate surface area is 120 Å². The maximum absolute atomic E-state index is 13.1. The first-order chi connectivity index (χ1) is 9.97. The molecule has 5 nitrogen and oxygen atoms in total. The number of aliphatic hydroxyl groups excluding tert-OH is 1. The number of nitrogens with zero attached hydrogens (tertiary/aromatic N) is 1. The summed E-state index contributed by atoms with van der Waals surface area (Å²) in [6.45, 7) is 1.07. The molecule has 1 rings (SSSR count). The first-order valence-electron chi connectivity index (χ1n) is 6.35. The molecule has 0 fully saturated rings. The van der Waals surface area contributed by atoms with Crippen molar-refractivity contribution in [2.75, 3.05) is 31.6 Å². The lowest BCUT2D eigenvalue weighted by Crippen LogP contribution is -2.36. The zero-order valence-electron chi connectivity index (χ0n) is 11.5. The Morgan fingerprint density at radius 2 is 2.19 bits per heavy atom. The van der Waals surface area contributed by atoms with E-state index in [2.05, 4.69) is 5.32 Å². The minimum absolute atomic E-state index is 0.0819. The number of urea groups is 1. The molecule has 2 amide bonds. The standard InChI is InChI=1S/C13H17F3N2O3/c1-2-18(5-6-19)13(20)17-10-4-3-9(14)7-11(10)21-8-12(15)16/h3-4,7,12,19H,2,5-6,8H2,1H3,(H,17,20). The monoisotopic (exact) mass is 306 g/mol. The van der Waals surface area contributed by atoms with Crippen molar-refractivity contribution < 1.29 is 27.8 Å². The molecule has 2 N–H and O–H groups in total. The quantitative estimate of drug-likeness (QED) is 0.812. The third-order valence-electron chi connectivity index (χ3n) is 2.59. The van der Waals surface area contributed by atoms with Crippen LogP contribution in [0.5, 0.6) is 5.75 Å². The maximum atomic E-state index is 13.1. The van der Waals surface area contributed by atoms with Crippen molar-refractivity contribution in [2.45, 2.75) is 13.3 Å². The minimum atomic E-state index is -2.71. The summed E-state index contributed by atoms with van der Waals surface area (Å²) in [6.07, 6.45) is -2.71. The molecule has 0 unspecified atom stereocenters. The Balaban J connectivity index is 2.83. The van der Waals surface area contributed by atoms with Gasteiger partial charge in [0.25, 0.3) is 6.43 Å². The second-order valence-corrected chi connectivity index (χ2v) is 4.08. The molecule has 0 aliphatic rings. The van der Waals surface area contributed by atoms with Gasteiger partial charge in [0.2, 0.25) is 0 Å². The lowest BCUT2D eigenvalue weighted by atomic mass is 10.3. The van der Waals surface area contributed by atoms with Crippen molar-refractivity contribution in [3.63, 3.8) is 0 Å². The van der Waals surface area contributed by atoms with Crippen LogP contribution in [0.3, 0.4) is 0 Å². The van der Waals surface area contributed by atoms with Crippen LogP contribution in [0.1, 0.15) is 6.92 Å². The number of carbonyl (C=O) groups excluding carboxylic acids is 1. The second-order valence-electron chi connectivity index (χ2n) is 4.08. The van der Waals surface area contributed by atoms with Gasteiger partial charge in [-0.3, -0.25) is 0 Å². The fraction of sp³-hybridized carbons (Fsp3) is 0.462.